The van der Waals surface area contributed by atoms with Crippen molar-refractivity contribution in [1.29, 1.82) is 0 Å². The summed E-state index contributed by atoms with van der Waals surface area (Å²) in [5.74, 6) is -1.98. The first-order valence-electron chi connectivity index (χ1n) is 8.92. The monoisotopic (exact) mass is 373 g/mol. The predicted molar refractivity (Wildman–Crippen MR) is 94.6 cm³/mol. The van der Waals surface area contributed by atoms with Gasteiger partial charge >= 0.3 is 0 Å². The van der Waals surface area contributed by atoms with Gasteiger partial charge in [0.25, 0.3) is 0 Å². The van der Waals surface area contributed by atoms with E-state index in [9.17, 15) is 13.6 Å². The van der Waals surface area contributed by atoms with Crippen LogP contribution in [0.3, 0.4) is 0 Å². The zero-order chi connectivity index (χ0) is 19.6. The van der Waals surface area contributed by atoms with Crippen molar-refractivity contribution in [2.24, 2.45) is 5.41 Å². The van der Waals surface area contributed by atoms with Gasteiger partial charge in [-0.15, -0.1) is 5.10 Å². The summed E-state index contributed by atoms with van der Waals surface area (Å²) in [5, 5.41) is 8.32. The Morgan fingerprint density at radius 2 is 1.89 bits per heavy atom. The van der Waals surface area contributed by atoms with Crippen LogP contribution < -0.4 is 4.74 Å². The number of aromatic nitrogens is 2. The van der Waals surface area contributed by atoms with Crippen LogP contribution in [-0.4, -0.2) is 35.1 Å². The van der Waals surface area contributed by atoms with Crippen LogP contribution in [-0.2, 0) is 10.2 Å². The number of hydrogen-bond donors (Lipinski definition) is 0. The maximum atomic E-state index is 13.9. The van der Waals surface area contributed by atoms with Gasteiger partial charge in [0, 0.05) is 20.2 Å². The van der Waals surface area contributed by atoms with E-state index in [1.165, 1.54) is 6.07 Å². The molecule has 1 saturated carbocycles. The van der Waals surface area contributed by atoms with Crippen molar-refractivity contribution in [3.05, 3.63) is 47.2 Å². The fourth-order valence-electron chi connectivity index (χ4n) is 4.89. The minimum absolute atomic E-state index is 0.0110. The number of nitrogens with zero attached hydrogens (tertiary/aromatic N) is 3. The Bertz CT molecular complexity index is 925. The molecule has 0 radical (unpaired) electrons. The second kappa shape index (κ2) is 5.71. The third-order valence-corrected chi connectivity index (χ3v) is 6.26. The van der Waals surface area contributed by atoms with Crippen LogP contribution in [0, 0.1) is 17.0 Å². The Labute approximate surface area is 156 Å². The number of carbonyl (C=O) groups excluding carboxylic acids is 1. The Morgan fingerprint density at radius 3 is 2.52 bits per heavy atom. The number of halogens is 2. The standard InChI is InChI=1S/C20H21F2N3O2/c1-19(2)12-8-9-20(19,18(26)25(3)4)17-11(12)10-15(23-24-17)27-16-13(21)6-5-7-14(16)22/h5-7,10,12H,8-9H2,1-4H3/t12-,20+/m0/s1. The first-order valence-corrected chi connectivity index (χ1v) is 8.92. The highest BCUT2D eigenvalue weighted by Crippen LogP contribution is 2.67. The van der Waals surface area contributed by atoms with Gasteiger partial charge in [-0.2, -0.15) is 5.10 Å². The molecule has 7 heteroatoms. The number of likely N-dealkylation sites (N-methyl/N-ethyl adjacent to an activating group) is 1. The zero-order valence-electron chi connectivity index (χ0n) is 15.7. The van der Waals surface area contributed by atoms with Crippen molar-refractivity contribution in [2.75, 3.05) is 14.1 Å². The molecule has 27 heavy (non-hydrogen) atoms. The summed E-state index contributed by atoms with van der Waals surface area (Å²) >= 11 is 0. The van der Waals surface area contributed by atoms with E-state index < -0.39 is 22.8 Å². The molecule has 4 rings (SSSR count). The van der Waals surface area contributed by atoms with Gasteiger partial charge in [0.15, 0.2) is 11.6 Å². The van der Waals surface area contributed by atoms with E-state index in [0.717, 1.165) is 24.1 Å². The minimum Gasteiger partial charge on any atom is -0.431 e. The quantitative estimate of drug-likeness (QED) is 0.821. The van der Waals surface area contributed by atoms with Gasteiger partial charge in [0.05, 0.1) is 11.1 Å². The SMILES string of the molecule is CN(C)C(=O)[C@@]12CC[C@@H](c3cc(Oc4c(F)cccc4F)nnc31)C2(C)C. The van der Waals surface area contributed by atoms with Crippen LogP contribution in [0.5, 0.6) is 11.6 Å². The molecule has 1 heterocycles. The third kappa shape index (κ3) is 2.23. The van der Waals surface area contributed by atoms with Gasteiger partial charge < -0.3 is 9.64 Å². The van der Waals surface area contributed by atoms with Crippen molar-refractivity contribution in [1.82, 2.24) is 15.1 Å². The van der Waals surface area contributed by atoms with Gasteiger partial charge in [0.1, 0.15) is 0 Å². The fourth-order valence-corrected chi connectivity index (χ4v) is 4.89. The molecule has 0 aliphatic heterocycles. The molecule has 2 aliphatic rings. The average molecular weight is 373 g/mol. The molecule has 0 spiro atoms. The Hall–Kier alpha value is -2.57. The summed E-state index contributed by atoms with van der Waals surface area (Å²) in [6.07, 6.45) is 1.56. The summed E-state index contributed by atoms with van der Waals surface area (Å²) in [6, 6.07) is 5.18. The highest BCUT2D eigenvalue weighted by molar-refractivity contribution is 5.91. The summed E-state index contributed by atoms with van der Waals surface area (Å²) in [6.45, 7) is 4.15. The normalized spacial score (nSPS) is 24.6. The van der Waals surface area contributed by atoms with Crippen LogP contribution in [0.15, 0.2) is 24.3 Å². The lowest BCUT2D eigenvalue weighted by molar-refractivity contribution is -0.138. The molecule has 2 bridgehead atoms. The molecule has 142 valence electrons. The van der Waals surface area contributed by atoms with Gasteiger partial charge in [0.2, 0.25) is 17.5 Å². The maximum absolute atomic E-state index is 13.9. The number of amides is 1. The topological polar surface area (TPSA) is 55.3 Å². The van der Waals surface area contributed by atoms with E-state index in [1.807, 2.05) is 0 Å². The number of rotatable bonds is 3. The van der Waals surface area contributed by atoms with E-state index in [2.05, 4.69) is 24.0 Å². The van der Waals surface area contributed by atoms with Crippen LogP contribution in [0.1, 0.15) is 43.9 Å². The molecular formula is C20H21F2N3O2. The molecule has 2 atom stereocenters. The molecule has 1 amide bonds. The smallest absolute Gasteiger partial charge is 0.239 e. The van der Waals surface area contributed by atoms with Crippen molar-refractivity contribution in [3.63, 3.8) is 0 Å². The molecule has 0 unspecified atom stereocenters. The predicted octanol–water partition coefficient (Wildman–Crippen LogP) is 3.79. The van der Waals surface area contributed by atoms with E-state index in [1.54, 1.807) is 25.1 Å². The molecule has 5 nitrogen and oxygen atoms in total. The number of ether oxygens (including phenoxy) is 1. The molecule has 1 aromatic carbocycles. The highest BCUT2D eigenvalue weighted by atomic mass is 19.1. The number of carbonyl (C=O) groups is 1. The number of benzene rings is 1. The van der Waals surface area contributed by atoms with Gasteiger partial charge in [-0.1, -0.05) is 19.9 Å². The lowest BCUT2D eigenvalue weighted by Crippen LogP contribution is -2.49. The van der Waals surface area contributed by atoms with E-state index >= 15 is 0 Å². The summed E-state index contributed by atoms with van der Waals surface area (Å²) in [5.41, 5.74) is 0.477. The average Bonchev–Trinajstić information content (AvgIpc) is 2.99. The van der Waals surface area contributed by atoms with E-state index in [4.69, 9.17) is 4.74 Å². The van der Waals surface area contributed by atoms with Crippen molar-refractivity contribution in [2.45, 2.75) is 38.0 Å². The van der Waals surface area contributed by atoms with Crippen molar-refractivity contribution in [3.8, 4) is 11.6 Å². The second-order valence-corrected chi connectivity index (χ2v) is 8.06. The molecule has 2 aliphatic carbocycles. The molecule has 1 fully saturated rings. The third-order valence-electron chi connectivity index (χ3n) is 6.26. The van der Waals surface area contributed by atoms with Gasteiger partial charge in [-0.25, -0.2) is 8.78 Å². The minimum atomic E-state index is -0.807. The summed E-state index contributed by atoms with van der Waals surface area (Å²) < 4.78 is 33.1. The highest BCUT2D eigenvalue weighted by Gasteiger charge is 2.67. The molecular weight excluding hydrogens is 352 g/mol. The summed E-state index contributed by atoms with van der Waals surface area (Å²) in [4.78, 5) is 14.7. The number of para-hydroxylation sites is 1. The van der Waals surface area contributed by atoms with E-state index in [-0.39, 0.29) is 23.1 Å². The van der Waals surface area contributed by atoms with Crippen molar-refractivity contribution < 1.29 is 18.3 Å². The van der Waals surface area contributed by atoms with Gasteiger partial charge in [-0.05, 0) is 41.9 Å². The lowest BCUT2D eigenvalue weighted by Gasteiger charge is -2.38. The second-order valence-electron chi connectivity index (χ2n) is 8.06. The Morgan fingerprint density at radius 1 is 1.22 bits per heavy atom. The number of fused-ring (bicyclic) bond motifs is 5. The lowest BCUT2D eigenvalue weighted by atomic mass is 9.67. The molecule has 0 N–H and O–H groups in total. The Balaban J connectivity index is 1.79. The largest absolute Gasteiger partial charge is 0.431 e. The van der Waals surface area contributed by atoms with Crippen LogP contribution in [0.2, 0.25) is 0 Å². The first kappa shape index (κ1) is 17.8. The zero-order valence-corrected chi connectivity index (χ0v) is 15.7. The van der Waals surface area contributed by atoms with Gasteiger partial charge in [-0.3, -0.25) is 4.79 Å². The summed E-state index contributed by atoms with van der Waals surface area (Å²) in [7, 11) is 3.48. The molecule has 0 saturated heterocycles. The number of hydrogen-bond acceptors (Lipinski definition) is 4. The fraction of sp³-hybridized carbons (Fsp3) is 0.450. The van der Waals surface area contributed by atoms with E-state index in [0.29, 0.717) is 12.1 Å². The molecule has 2 aromatic rings. The van der Waals surface area contributed by atoms with Crippen molar-refractivity contribution >= 4 is 5.91 Å². The molecule has 1 aromatic heterocycles. The first-order chi connectivity index (χ1) is 12.7. The van der Waals surface area contributed by atoms with Crippen LogP contribution in [0.25, 0.3) is 0 Å². The maximum Gasteiger partial charge on any atom is 0.239 e. The Kier molecular flexibility index (Phi) is 3.77. The van der Waals surface area contributed by atoms with Crippen LogP contribution >= 0.6 is 0 Å². The van der Waals surface area contributed by atoms with Crippen LogP contribution in [0.4, 0.5) is 8.78 Å².